The van der Waals surface area contributed by atoms with E-state index in [0.29, 0.717) is 17.3 Å². The molecular weight excluding hydrogens is 566 g/mol. The molecule has 1 aliphatic heterocycles. The first kappa shape index (κ1) is 28.9. The molecular formula is C25H26F2N6O5S2. The zero-order valence-electron chi connectivity index (χ0n) is 21.7. The molecule has 0 bridgehead atoms. The highest BCUT2D eigenvalue weighted by Crippen LogP contribution is 2.24. The monoisotopic (exact) mass is 592 g/mol. The second-order valence-corrected chi connectivity index (χ2v) is 11.7. The van der Waals surface area contributed by atoms with E-state index in [0.717, 1.165) is 21.1 Å². The van der Waals surface area contributed by atoms with Crippen LogP contribution in [-0.2, 0) is 26.2 Å². The third kappa shape index (κ3) is 6.37. The van der Waals surface area contributed by atoms with Crippen LogP contribution in [0, 0.1) is 11.6 Å². The molecule has 2 N–H and O–H groups in total. The summed E-state index contributed by atoms with van der Waals surface area (Å²) in [6, 6.07) is 4.00. The molecule has 2 aromatic carbocycles. The van der Waals surface area contributed by atoms with E-state index < -0.39 is 51.8 Å². The van der Waals surface area contributed by atoms with E-state index >= 15 is 0 Å². The fraction of sp³-hybridized carbons (Fsp3) is 0.280. The Kier molecular flexibility index (Phi) is 8.34. The largest absolute Gasteiger partial charge is 0.347 e. The average molecular weight is 593 g/mol. The highest BCUT2D eigenvalue weighted by molar-refractivity contribution is 7.87. The molecule has 0 unspecified atom stereocenters. The maximum atomic E-state index is 13.9. The van der Waals surface area contributed by atoms with Crippen molar-refractivity contribution < 1.29 is 31.6 Å². The summed E-state index contributed by atoms with van der Waals surface area (Å²) in [5.74, 6) is -2.94. The van der Waals surface area contributed by atoms with Crippen molar-refractivity contribution in [3.8, 4) is 0 Å². The van der Waals surface area contributed by atoms with Crippen molar-refractivity contribution in [2.24, 2.45) is 0 Å². The first-order chi connectivity index (χ1) is 18.9. The molecule has 0 aliphatic carbocycles. The number of aromatic nitrogens is 1. The number of anilines is 1. The van der Waals surface area contributed by atoms with Crippen LogP contribution in [0.4, 0.5) is 19.3 Å². The minimum Gasteiger partial charge on any atom is -0.347 e. The minimum atomic E-state index is -4.55. The van der Waals surface area contributed by atoms with E-state index in [4.69, 9.17) is 0 Å². The van der Waals surface area contributed by atoms with E-state index in [9.17, 15) is 31.6 Å². The lowest BCUT2D eigenvalue weighted by Crippen LogP contribution is -2.55. The molecule has 1 aliphatic rings. The number of rotatable bonds is 8. The second-order valence-electron chi connectivity index (χ2n) is 9.22. The molecule has 2 heterocycles. The number of urea groups is 1. The van der Waals surface area contributed by atoms with Gasteiger partial charge in [0.2, 0.25) is 11.8 Å². The van der Waals surface area contributed by atoms with Gasteiger partial charge in [-0.1, -0.05) is 6.08 Å². The van der Waals surface area contributed by atoms with Crippen molar-refractivity contribution in [1.29, 1.82) is 0 Å². The predicted octanol–water partition coefficient (Wildman–Crippen LogP) is 2.37. The smallest absolute Gasteiger partial charge is 0.330 e. The van der Waals surface area contributed by atoms with Crippen LogP contribution in [0.5, 0.6) is 0 Å². The van der Waals surface area contributed by atoms with Crippen LogP contribution in [0.25, 0.3) is 10.2 Å². The van der Waals surface area contributed by atoms with Gasteiger partial charge in [-0.15, -0.1) is 11.3 Å². The molecule has 15 heteroatoms. The molecule has 3 aromatic rings. The zero-order chi connectivity index (χ0) is 29.2. The molecule has 11 nitrogen and oxygen atoms in total. The van der Waals surface area contributed by atoms with Crippen molar-refractivity contribution in [2.75, 3.05) is 26.0 Å². The quantitative estimate of drug-likeness (QED) is 0.413. The van der Waals surface area contributed by atoms with Gasteiger partial charge >= 0.3 is 16.2 Å². The van der Waals surface area contributed by atoms with Crippen LogP contribution in [-0.4, -0.2) is 73.7 Å². The van der Waals surface area contributed by atoms with Gasteiger partial charge in [-0.05, 0) is 42.3 Å². The van der Waals surface area contributed by atoms with Crippen LogP contribution < -0.4 is 14.9 Å². The maximum Gasteiger partial charge on any atom is 0.330 e. The first-order valence-electron chi connectivity index (χ1n) is 11.9. The van der Waals surface area contributed by atoms with E-state index in [1.807, 2.05) is 4.72 Å². The predicted molar refractivity (Wildman–Crippen MR) is 146 cm³/mol. The molecule has 0 spiro atoms. The number of fused-ring (bicyclic) bond motifs is 1. The number of halogens is 2. The Balaban J connectivity index is 1.57. The van der Waals surface area contributed by atoms with E-state index in [1.165, 1.54) is 54.6 Å². The summed E-state index contributed by atoms with van der Waals surface area (Å²) in [5.41, 5.74) is 2.78. The van der Waals surface area contributed by atoms with Crippen molar-refractivity contribution >= 4 is 55.3 Å². The van der Waals surface area contributed by atoms with Crippen molar-refractivity contribution in [2.45, 2.75) is 24.9 Å². The van der Waals surface area contributed by atoms with Crippen LogP contribution in [0.15, 0.2) is 54.2 Å². The third-order valence-corrected chi connectivity index (χ3v) is 8.33. The van der Waals surface area contributed by atoms with Crippen LogP contribution in [0.3, 0.4) is 0 Å². The number of likely N-dealkylation sites (N-methyl/N-ethyl adjacent to an activating group) is 2. The van der Waals surface area contributed by atoms with Crippen LogP contribution in [0.2, 0.25) is 0 Å². The van der Waals surface area contributed by atoms with Crippen LogP contribution in [0.1, 0.15) is 12.0 Å². The number of carbonyl (C=O) groups is 3. The standard InChI is InChI=1S/C25H26F2N6O5S2/c1-31(2)24(35)21-5-4-8-33(21)40(37,38)30-25(36)29-20(11-15-9-16(26)12-17(27)10-15)23(34)32(3)18-6-7-22-19(13-18)28-14-39-22/h4,6-10,12-14,20-21H,5,11H2,1-3H3,(H2,29,30,36)/t20-,21+/m0/s1. The third-order valence-electron chi connectivity index (χ3n) is 6.14. The number of amides is 4. The highest BCUT2D eigenvalue weighted by atomic mass is 32.2. The molecule has 0 fully saturated rings. The fourth-order valence-corrected chi connectivity index (χ4v) is 6.01. The number of hydrogen-bond acceptors (Lipinski definition) is 7. The van der Waals surface area contributed by atoms with Gasteiger partial charge in [0, 0.05) is 45.5 Å². The van der Waals surface area contributed by atoms with E-state index in [2.05, 4.69) is 10.3 Å². The van der Waals surface area contributed by atoms with Gasteiger partial charge in [-0.2, -0.15) is 8.42 Å². The number of nitrogens with one attached hydrogen (secondary N) is 2. The van der Waals surface area contributed by atoms with Gasteiger partial charge in [-0.25, -0.2) is 27.6 Å². The zero-order valence-corrected chi connectivity index (χ0v) is 23.3. The molecule has 4 amide bonds. The first-order valence-corrected chi connectivity index (χ1v) is 14.2. The summed E-state index contributed by atoms with van der Waals surface area (Å²) in [5, 5.41) is 2.31. The normalized spacial score (nSPS) is 15.6. The highest BCUT2D eigenvalue weighted by Gasteiger charge is 2.37. The Bertz CT molecular complexity index is 1570. The summed E-state index contributed by atoms with van der Waals surface area (Å²) >= 11 is 1.41. The second kappa shape index (κ2) is 11.6. The summed E-state index contributed by atoms with van der Waals surface area (Å²) in [4.78, 5) is 45.5. The van der Waals surface area contributed by atoms with Gasteiger partial charge in [0.15, 0.2) is 0 Å². The number of carbonyl (C=O) groups excluding carboxylic acids is 3. The summed E-state index contributed by atoms with van der Waals surface area (Å²) in [6.45, 7) is 0. The molecule has 0 radical (unpaired) electrons. The van der Waals surface area contributed by atoms with Crippen molar-refractivity contribution in [3.05, 3.63) is 71.4 Å². The van der Waals surface area contributed by atoms with Gasteiger partial charge in [0.05, 0.1) is 15.7 Å². The maximum absolute atomic E-state index is 13.9. The molecule has 212 valence electrons. The SMILES string of the molecule is CN(C)C(=O)[C@H]1CC=CN1S(=O)(=O)NC(=O)N[C@@H](Cc1cc(F)cc(F)c1)C(=O)N(C)c1ccc2scnc2c1. The van der Waals surface area contributed by atoms with E-state index in [-0.39, 0.29) is 18.4 Å². The Morgan fingerprint density at radius 2 is 1.82 bits per heavy atom. The minimum absolute atomic E-state index is 0.0569. The summed E-state index contributed by atoms with van der Waals surface area (Å²) in [6.07, 6.45) is 2.40. The van der Waals surface area contributed by atoms with Gasteiger partial charge in [0.25, 0.3) is 0 Å². The Morgan fingerprint density at radius 3 is 2.50 bits per heavy atom. The topological polar surface area (TPSA) is 132 Å². The lowest BCUT2D eigenvalue weighted by molar-refractivity contribution is -0.131. The summed E-state index contributed by atoms with van der Waals surface area (Å²) < 4.78 is 57.1. The van der Waals surface area contributed by atoms with E-state index in [1.54, 1.807) is 23.7 Å². The molecule has 2 atom stereocenters. The van der Waals surface area contributed by atoms with Gasteiger partial charge in [0.1, 0.15) is 23.7 Å². The van der Waals surface area contributed by atoms with Crippen molar-refractivity contribution in [3.63, 3.8) is 0 Å². The molecule has 4 rings (SSSR count). The number of benzene rings is 2. The van der Waals surface area contributed by atoms with Crippen molar-refractivity contribution in [1.82, 2.24) is 24.2 Å². The average Bonchev–Trinajstić information content (AvgIpc) is 3.55. The molecule has 0 saturated heterocycles. The summed E-state index contributed by atoms with van der Waals surface area (Å²) in [7, 11) is -0.164. The lowest BCUT2D eigenvalue weighted by atomic mass is 10.0. The molecule has 1 aromatic heterocycles. The number of hydrogen-bond donors (Lipinski definition) is 2. The Labute approximate surface area is 233 Å². The molecule has 40 heavy (non-hydrogen) atoms. The fourth-order valence-electron chi connectivity index (χ4n) is 4.19. The number of nitrogens with zero attached hydrogens (tertiary/aromatic N) is 4. The van der Waals surface area contributed by atoms with Crippen LogP contribution >= 0.6 is 11.3 Å². The molecule has 0 saturated carbocycles. The Morgan fingerprint density at radius 1 is 1.12 bits per heavy atom. The van der Waals surface area contributed by atoms with Gasteiger partial charge < -0.3 is 15.1 Å². The number of thiazole rings is 1. The van der Waals surface area contributed by atoms with Gasteiger partial charge in [-0.3, -0.25) is 9.59 Å². The lowest BCUT2D eigenvalue weighted by Gasteiger charge is -2.28. The Hall–Kier alpha value is -4.11.